The van der Waals surface area contributed by atoms with Crippen molar-refractivity contribution < 1.29 is 4.92 Å². The molecular weight excluding hydrogens is 270 g/mol. The maximum absolute atomic E-state index is 11.3. The Labute approximate surface area is 122 Å². The summed E-state index contributed by atoms with van der Waals surface area (Å²) in [6.07, 6.45) is 2.54. The lowest BCUT2D eigenvalue weighted by Crippen LogP contribution is -2.08. The highest BCUT2D eigenvalue weighted by molar-refractivity contribution is 5.71. The Balaban J connectivity index is 2.59. The summed E-state index contributed by atoms with van der Waals surface area (Å²) < 4.78 is 0. The molecule has 0 saturated carbocycles. The number of aryl methyl sites for hydroxylation is 2. The van der Waals surface area contributed by atoms with Gasteiger partial charge in [-0.3, -0.25) is 15.1 Å². The van der Waals surface area contributed by atoms with Crippen molar-refractivity contribution in [2.75, 3.05) is 11.9 Å². The Morgan fingerprint density at radius 1 is 1.33 bits per heavy atom. The molecule has 0 unspecified atom stereocenters. The van der Waals surface area contributed by atoms with Gasteiger partial charge in [-0.1, -0.05) is 6.92 Å². The van der Waals surface area contributed by atoms with Crippen molar-refractivity contribution in [3.05, 3.63) is 39.8 Å². The fourth-order valence-electron chi connectivity index (χ4n) is 2.00. The largest absolute Gasteiger partial charge is 0.354 e. The van der Waals surface area contributed by atoms with Gasteiger partial charge in [-0.2, -0.15) is 0 Å². The Morgan fingerprint density at radius 2 is 2.10 bits per heavy atom. The molecule has 0 spiro atoms. The number of anilines is 1. The van der Waals surface area contributed by atoms with Crippen molar-refractivity contribution in [2.45, 2.75) is 27.2 Å². The molecule has 1 N–H and O–H groups in total. The van der Waals surface area contributed by atoms with E-state index in [0.717, 1.165) is 12.1 Å². The summed E-state index contributed by atoms with van der Waals surface area (Å²) >= 11 is 0. The SMILES string of the molecule is CCCNc1nc(C)c([N+](=O)[O-])c(-c2ccnc(C)c2)n1. The van der Waals surface area contributed by atoms with Crippen LogP contribution in [-0.2, 0) is 0 Å². The van der Waals surface area contributed by atoms with Crippen molar-refractivity contribution in [2.24, 2.45) is 0 Å². The van der Waals surface area contributed by atoms with Crippen LogP contribution < -0.4 is 5.32 Å². The molecule has 0 fully saturated rings. The van der Waals surface area contributed by atoms with Gasteiger partial charge >= 0.3 is 5.69 Å². The topological polar surface area (TPSA) is 93.8 Å². The van der Waals surface area contributed by atoms with Gasteiger partial charge in [0.2, 0.25) is 5.95 Å². The number of hydrogen-bond acceptors (Lipinski definition) is 6. The van der Waals surface area contributed by atoms with Gasteiger partial charge in [-0.05, 0) is 32.4 Å². The minimum Gasteiger partial charge on any atom is -0.354 e. The molecule has 0 aromatic carbocycles. The number of nitrogens with one attached hydrogen (secondary N) is 1. The van der Waals surface area contributed by atoms with E-state index in [2.05, 4.69) is 20.3 Å². The molecule has 2 aromatic rings. The standard InChI is InChI=1S/C14H17N5O2/c1-4-6-16-14-17-10(3)13(19(20)21)12(18-14)11-5-7-15-9(2)8-11/h5,7-8H,4,6H2,1-3H3,(H,16,17,18). The van der Waals surface area contributed by atoms with E-state index in [1.165, 1.54) is 0 Å². The summed E-state index contributed by atoms with van der Waals surface area (Å²) in [7, 11) is 0. The molecule has 7 heteroatoms. The van der Waals surface area contributed by atoms with Crippen LogP contribution in [0.1, 0.15) is 24.7 Å². The molecule has 0 amide bonds. The number of aromatic nitrogens is 3. The van der Waals surface area contributed by atoms with Crippen LogP contribution in [0.3, 0.4) is 0 Å². The van der Waals surface area contributed by atoms with Gasteiger partial charge in [0, 0.05) is 24.0 Å². The van der Waals surface area contributed by atoms with E-state index >= 15 is 0 Å². The predicted octanol–water partition coefficient (Wildman–Crippen LogP) is 2.89. The van der Waals surface area contributed by atoms with Gasteiger partial charge in [-0.15, -0.1) is 0 Å². The lowest BCUT2D eigenvalue weighted by Gasteiger charge is -2.09. The quantitative estimate of drug-likeness (QED) is 0.671. The summed E-state index contributed by atoms with van der Waals surface area (Å²) in [5.41, 5.74) is 2.04. The maximum atomic E-state index is 11.3. The smallest absolute Gasteiger partial charge is 0.316 e. The Kier molecular flexibility index (Phi) is 4.42. The fraction of sp³-hybridized carbons (Fsp3) is 0.357. The van der Waals surface area contributed by atoms with E-state index in [4.69, 9.17) is 0 Å². The summed E-state index contributed by atoms with van der Waals surface area (Å²) in [5, 5.41) is 14.4. The van der Waals surface area contributed by atoms with E-state index in [9.17, 15) is 10.1 Å². The first-order valence-corrected chi connectivity index (χ1v) is 6.73. The third kappa shape index (κ3) is 3.31. The molecule has 0 saturated heterocycles. The average molecular weight is 287 g/mol. The highest BCUT2D eigenvalue weighted by Gasteiger charge is 2.23. The molecule has 0 aliphatic rings. The molecule has 2 heterocycles. The lowest BCUT2D eigenvalue weighted by atomic mass is 10.1. The van der Waals surface area contributed by atoms with Gasteiger partial charge in [0.25, 0.3) is 0 Å². The zero-order chi connectivity index (χ0) is 15.4. The second-order valence-electron chi connectivity index (χ2n) is 4.70. The van der Waals surface area contributed by atoms with Crippen molar-refractivity contribution in [3.8, 4) is 11.3 Å². The summed E-state index contributed by atoms with van der Waals surface area (Å²) in [6.45, 7) is 6.19. The van der Waals surface area contributed by atoms with Gasteiger partial charge in [0.05, 0.1) is 4.92 Å². The molecule has 0 bridgehead atoms. The third-order valence-corrected chi connectivity index (χ3v) is 2.94. The van der Waals surface area contributed by atoms with Gasteiger partial charge in [0.15, 0.2) is 5.69 Å². The first kappa shape index (κ1) is 14.8. The van der Waals surface area contributed by atoms with Crippen LogP contribution in [0.2, 0.25) is 0 Å². The van der Waals surface area contributed by atoms with Crippen LogP contribution >= 0.6 is 0 Å². The van der Waals surface area contributed by atoms with E-state index in [1.54, 1.807) is 25.3 Å². The maximum Gasteiger partial charge on any atom is 0.316 e. The normalized spacial score (nSPS) is 10.4. The molecule has 110 valence electrons. The van der Waals surface area contributed by atoms with Crippen LogP contribution in [0.15, 0.2) is 18.3 Å². The molecular formula is C14H17N5O2. The van der Waals surface area contributed by atoms with Gasteiger partial charge < -0.3 is 5.32 Å². The number of pyridine rings is 1. The van der Waals surface area contributed by atoms with E-state index in [1.807, 2.05) is 13.8 Å². The van der Waals surface area contributed by atoms with Gasteiger partial charge in [-0.25, -0.2) is 9.97 Å². The minimum absolute atomic E-state index is 0.0670. The van der Waals surface area contributed by atoms with Crippen LogP contribution in [0.5, 0.6) is 0 Å². The van der Waals surface area contributed by atoms with Crippen LogP contribution in [0.25, 0.3) is 11.3 Å². The molecule has 2 aromatic heterocycles. The highest BCUT2D eigenvalue weighted by atomic mass is 16.6. The van der Waals surface area contributed by atoms with Crippen molar-refractivity contribution in [1.29, 1.82) is 0 Å². The van der Waals surface area contributed by atoms with Crippen LogP contribution in [0.4, 0.5) is 11.6 Å². The summed E-state index contributed by atoms with van der Waals surface area (Å²) in [4.78, 5) is 23.5. The van der Waals surface area contributed by atoms with Crippen molar-refractivity contribution in [3.63, 3.8) is 0 Å². The molecule has 2 rings (SSSR count). The zero-order valence-electron chi connectivity index (χ0n) is 12.3. The molecule has 0 radical (unpaired) electrons. The average Bonchev–Trinajstić information content (AvgIpc) is 2.44. The van der Waals surface area contributed by atoms with Gasteiger partial charge in [0.1, 0.15) is 5.69 Å². The van der Waals surface area contributed by atoms with Crippen molar-refractivity contribution >= 4 is 11.6 Å². The fourth-order valence-corrected chi connectivity index (χ4v) is 2.00. The first-order chi connectivity index (χ1) is 10.0. The molecule has 0 aliphatic carbocycles. The lowest BCUT2D eigenvalue weighted by molar-refractivity contribution is -0.385. The molecule has 0 atom stereocenters. The third-order valence-electron chi connectivity index (χ3n) is 2.94. The highest BCUT2D eigenvalue weighted by Crippen LogP contribution is 2.31. The van der Waals surface area contributed by atoms with Crippen LogP contribution in [-0.4, -0.2) is 26.4 Å². The summed E-state index contributed by atoms with van der Waals surface area (Å²) in [6, 6.07) is 3.49. The second-order valence-corrected chi connectivity index (χ2v) is 4.70. The molecule has 0 aliphatic heterocycles. The first-order valence-electron chi connectivity index (χ1n) is 6.73. The molecule has 7 nitrogen and oxygen atoms in total. The van der Waals surface area contributed by atoms with Crippen molar-refractivity contribution in [1.82, 2.24) is 15.0 Å². The minimum atomic E-state index is -0.440. The van der Waals surface area contributed by atoms with E-state index in [-0.39, 0.29) is 5.69 Å². The predicted molar refractivity (Wildman–Crippen MR) is 80.2 cm³/mol. The number of nitro groups is 1. The second kappa shape index (κ2) is 6.25. The van der Waals surface area contributed by atoms with Crippen LogP contribution in [0, 0.1) is 24.0 Å². The number of nitrogens with zero attached hydrogens (tertiary/aromatic N) is 4. The summed E-state index contributed by atoms with van der Waals surface area (Å²) in [5.74, 6) is 0.407. The van der Waals surface area contributed by atoms with E-state index < -0.39 is 4.92 Å². The number of rotatable bonds is 5. The Morgan fingerprint density at radius 3 is 2.71 bits per heavy atom. The Hall–Kier alpha value is -2.57. The monoisotopic (exact) mass is 287 g/mol. The van der Waals surface area contributed by atoms with E-state index in [0.29, 0.717) is 29.4 Å². The number of hydrogen-bond donors (Lipinski definition) is 1. The zero-order valence-corrected chi connectivity index (χ0v) is 12.3. The molecule has 21 heavy (non-hydrogen) atoms. The Bertz CT molecular complexity index is 672.